The van der Waals surface area contributed by atoms with E-state index in [2.05, 4.69) is 13.2 Å². The summed E-state index contributed by atoms with van der Waals surface area (Å²) < 4.78 is 4.14. The van der Waals surface area contributed by atoms with Gasteiger partial charge >= 0.3 is 5.97 Å². The Labute approximate surface area is 246 Å². The monoisotopic (exact) mass is 574 g/mol. The summed E-state index contributed by atoms with van der Waals surface area (Å²) in [5.74, 6) is -2.43. The summed E-state index contributed by atoms with van der Waals surface area (Å²) in [6, 6.07) is 13.6. The number of anilines is 1. The van der Waals surface area contributed by atoms with Crippen molar-refractivity contribution in [2.24, 2.45) is 11.8 Å². The van der Waals surface area contributed by atoms with Crippen molar-refractivity contribution in [3.8, 4) is 0 Å². The van der Waals surface area contributed by atoms with E-state index in [4.69, 9.17) is 4.74 Å². The molecule has 5 rings (SSSR count). The van der Waals surface area contributed by atoms with E-state index in [1.54, 1.807) is 27.6 Å². The molecule has 6 atom stereocenters. The van der Waals surface area contributed by atoms with Gasteiger partial charge in [0.2, 0.25) is 5.91 Å². The summed E-state index contributed by atoms with van der Waals surface area (Å²) in [7, 11) is 0. The van der Waals surface area contributed by atoms with E-state index in [1.807, 2.05) is 69.3 Å². The van der Waals surface area contributed by atoms with Gasteiger partial charge in [-0.05, 0) is 56.4 Å². The molecule has 2 aromatic rings. The number of aryl methyl sites for hydroxylation is 2. The molecule has 0 aromatic heterocycles. The van der Waals surface area contributed by atoms with Crippen LogP contribution >= 0.6 is 11.8 Å². The Bertz CT molecular complexity index is 1380. The maximum absolute atomic E-state index is 14.9. The first-order valence-corrected chi connectivity index (χ1v) is 14.9. The first-order chi connectivity index (χ1) is 19.6. The van der Waals surface area contributed by atoms with Crippen LogP contribution in [0.1, 0.15) is 42.5 Å². The lowest BCUT2D eigenvalue weighted by Crippen LogP contribution is -2.56. The van der Waals surface area contributed by atoms with Crippen LogP contribution in [0.3, 0.4) is 0 Å². The number of ether oxygens (including phenoxy) is 1. The fourth-order valence-electron chi connectivity index (χ4n) is 7.19. The van der Waals surface area contributed by atoms with Gasteiger partial charge in [0.25, 0.3) is 5.91 Å². The summed E-state index contributed by atoms with van der Waals surface area (Å²) >= 11 is 1.58. The lowest BCUT2D eigenvalue weighted by atomic mass is 9.66. The minimum Gasteiger partial charge on any atom is -0.461 e. The van der Waals surface area contributed by atoms with E-state index in [9.17, 15) is 19.5 Å². The highest BCUT2D eigenvalue weighted by molar-refractivity contribution is 8.02. The number of benzene rings is 2. The number of aliphatic hydroxyl groups excluding tert-OH is 1. The Kier molecular flexibility index (Phi) is 7.92. The molecule has 2 bridgehead atoms. The third kappa shape index (κ3) is 4.61. The van der Waals surface area contributed by atoms with Gasteiger partial charge in [0.15, 0.2) is 0 Å². The highest BCUT2D eigenvalue weighted by atomic mass is 32.2. The predicted molar refractivity (Wildman–Crippen MR) is 161 cm³/mol. The van der Waals surface area contributed by atoms with Crippen LogP contribution in [0.15, 0.2) is 73.8 Å². The van der Waals surface area contributed by atoms with Crippen molar-refractivity contribution in [2.45, 2.75) is 55.2 Å². The largest absolute Gasteiger partial charge is 0.461 e. The minimum absolute atomic E-state index is 0.0547. The van der Waals surface area contributed by atoms with Gasteiger partial charge in [-0.1, -0.05) is 61.2 Å². The van der Waals surface area contributed by atoms with Gasteiger partial charge in [0.1, 0.15) is 12.6 Å². The number of fused-ring (bicyclic) bond motifs is 1. The van der Waals surface area contributed by atoms with Crippen molar-refractivity contribution in [3.05, 3.63) is 90.5 Å². The third-order valence-corrected chi connectivity index (χ3v) is 11.0. The molecule has 1 spiro atoms. The molecule has 0 saturated carbocycles. The molecule has 8 heteroatoms. The number of thioether (sulfide) groups is 1. The molecular weight excluding hydrogens is 536 g/mol. The Hall–Kier alpha value is -3.36. The summed E-state index contributed by atoms with van der Waals surface area (Å²) in [5.41, 5.74) is 3.43. The SMILES string of the molecule is C=CCOC(=O)[C@H]1[C@H]2C(=O)N([C@H](CO)c3ccccc3)C(C(=O)N(CC=C)c3cc(C)ccc3C)C23CC[C@]1(C)S3. The third-order valence-electron chi connectivity index (χ3n) is 8.97. The number of nitrogens with zero attached hydrogens (tertiary/aromatic N) is 2. The summed E-state index contributed by atoms with van der Waals surface area (Å²) in [6.45, 7) is 13.5. The number of carbonyl (C=O) groups is 3. The normalized spacial score (nSPS) is 28.7. The van der Waals surface area contributed by atoms with Crippen LogP contribution in [0.4, 0.5) is 5.69 Å². The molecule has 216 valence electrons. The van der Waals surface area contributed by atoms with E-state index in [0.29, 0.717) is 12.8 Å². The number of likely N-dealkylation sites (tertiary alicyclic amines) is 1. The quantitative estimate of drug-likeness (QED) is 0.325. The number of rotatable bonds is 10. The highest BCUT2D eigenvalue weighted by Crippen LogP contribution is 2.72. The number of hydrogen-bond donors (Lipinski definition) is 1. The smallest absolute Gasteiger partial charge is 0.311 e. The highest BCUT2D eigenvalue weighted by Gasteiger charge is 2.78. The Balaban J connectivity index is 1.68. The van der Waals surface area contributed by atoms with Crippen molar-refractivity contribution in [1.82, 2.24) is 4.90 Å². The average Bonchev–Trinajstić information content (AvgIpc) is 3.53. The second-order valence-electron chi connectivity index (χ2n) is 11.5. The zero-order valence-electron chi connectivity index (χ0n) is 23.9. The van der Waals surface area contributed by atoms with E-state index in [0.717, 1.165) is 22.4 Å². The topological polar surface area (TPSA) is 87.1 Å². The number of aliphatic hydroxyl groups is 1. The molecule has 3 aliphatic rings. The minimum atomic E-state index is -0.902. The maximum Gasteiger partial charge on any atom is 0.311 e. The molecule has 3 heterocycles. The van der Waals surface area contributed by atoms with Crippen molar-refractivity contribution < 1.29 is 24.2 Å². The standard InChI is InChI=1S/C33H38N2O5S/c1-6-17-34(24-19-21(3)13-14-22(24)4)30(38)28-33-16-15-32(5,41-33)27(31(39)40-18-7-2)26(33)29(37)35(28)25(20-36)23-11-9-8-10-12-23/h6-14,19,25-28,36H,1-2,15-18,20H2,3-5H3/t25-,26+,27-,28?,32+,33?/m1/s1. The summed E-state index contributed by atoms with van der Waals surface area (Å²) in [4.78, 5) is 46.3. The molecule has 0 radical (unpaired) electrons. The summed E-state index contributed by atoms with van der Waals surface area (Å²) in [6.07, 6.45) is 4.48. The number of esters is 1. The maximum atomic E-state index is 14.9. The first-order valence-electron chi connectivity index (χ1n) is 14.1. The fourth-order valence-corrected chi connectivity index (χ4v) is 9.52. The molecule has 3 aliphatic heterocycles. The van der Waals surface area contributed by atoms with Crippen LogP contribution in [0, 0.1) is 25.7 Å². The van der Waals surface area contributed by atoms with Gasteiger partial charge in [-0.15, -0.1) is 18.3 Å². The molecule has 1 N–H and O–H groups in total. The van der Waals surface area contributed by atoms with Crippen LogP contribution in [-0.2, 0) is 19.1 Å². The number of carbonyl (C=O) groups excluding carboxylic acids is 3. The molecular formula is C33H38N2O5S. The molecule has 2 unspecified atom stereocenters. The molecule has 2 amide bonds. The lowest BCUT2D eigenvalue weighted by Gasteiger charge is -2.40. The zero-order valence-corrected chi connectivity index (χ0v) is 24.7. The Morgan fingerprint density at radius 1 is 1.17 bits per heavy atom. The molecule has 2 aromatic carbocycles. The lowest BCUT2D eigenvalue weighted by molar-refractivity contribution is -0.155. The van der Waals surface area contributed by atoms with Crippen molar-refractivity contribution >= 4 is 35.2 Å². The second kappa shape index (κ2) is 11.1. The number of amides is 2. The van der Waals surface area contributed by atoms with Crippen LogP contribution in [0.25, 0.3) is 0 Å². The van der Waals surface area contributed by atoms with Crippen LogP contribution in [0.2, 0.25) is 0 Å². The second-order valence-corrected chi connectivity index (χ2v) is 13.4. The molecule has 0 aliphatic carbocycles. The van der Waals surface area contributed by atoms with Gasteiger partial charge in [-0.3, -0.25) is 14.4 Å². The van der Waals surface area contributed by atoms with Crippen LogP contribution < -0.4 is 4.90 Å². The molecule has 7 nitrogen and oxygen atoms in total. The average molecular weight is 575 g/mol. The van der Waals surface area contributed by atoms with Crippen molar-refractivity contribution in [1.29, 1.82) is 0 Å². The van der Waals surface area contributed by atoms with E-state index >= 15 is 0 Å². The van der Waals surface area contributed by atoms with Crippen LogP contribution in [0.5, 0.6) is 0 Å². The number of hydrogen-bond acceptors (Lipinski definition) is 6. The summed E-state index contributed by atoms with van der Waals surface area (Å²) in [5, 5.41) is 10.7. The predicted octanol–water partition coefficient (Wildman–Crippen LogP) is 4.77. The van der Waals surface area contributed by atoms with Crippen LogP contribution in [-0.4, -0.2) is 63.1 Å². The fraction of sp³-hybridized carbons (Fsp3) is 0.424. The van der Waals surface area contributed by atoms with Crippen molar-refractivity contribution in [2.75, 3.05) is 24.7 Å². The van der Waals surface area contributed by atoms with Gasteiger partial charge in [-0.25, -0.2) is 0 Å². The van der Waals surface area contributed by atoms with Gasteiger partial charge in [0.05, 0.1) is 29.2 Å². The van der Waals surface area contributed by atoms with E-state index in [-0.39, 0.29) is 31.6 Å². The van der Waals surface area contributed by atoms with Crippen molar-refractivity contribution in [3.63, 3.8) is 0 Å². The Morgan fingerprint density at radius 2 is 1.90 bits per heavy atom. The van der Waals surface area contributed by atoms with Gasteiger partial charge < -0.3 is 19.6 Å². The molecule has 3 fully saturated rings. The first kappa shape index (κ1) is 29.1. The van der Waals surface area contributed by atoms with Gasteiger partial charge in [-0.2, -0.15) is 0 Å². The van der Waals surface area contributed by atoms with Gasteiger partial charge in [0, 0.05) is 17.0 Å². The Morgan fingerprint density at radius 3 is 2.56 bits per heavy atom. The van der Waals surface area contributed by atoms with E-state index in [1.165, 1.54) is 6.08 Å². The zero-order chi connectivity index (χ0) is 29.5. The molecule has 41 heavy (non-hydrogen) atoms. The van der Waals surface area contributed by atoms with E-state index < -0.39 is 39.4 Å². The molecule has 3 saturated heterocycles.